The highest BCUT2D eigenvalue weighted by Crippen LogP contribution is 2.11. The van der Waals surface area contributed by atoms with Crippen LogP contribution >= 0.6 is 0 Å². The first-order valence-electron chi connectivity index (χ1n) is 6.07. The summed E-state index contributed by atoms with van der Waals surface area (Å²) in [6, 6.07) is 0. The normalized spacial score (nSPS) is 17.7. The quantitative estimate of drug-likeness (QED) is 0.694. The molecule has 0 bridgehead atoms. The monoisotopic (exact) mass is 266 g/mol. The van der Waals surface area contributed by atoms with Gasteiger partial charge in [0.2, 0.25) is 5.91 Å². The van der Waals surface area contributed by atoms with Crippen LogP contribution in [0.4, 0.5) is 8.78 Å². The zero-order chi connectivity index (χ0) is 13.4. The summed E-state index contributed by atoms with van der Waals surface area (Å²) in [5, 5.41) is 2.14. The van der Waals surface area contributed by atoms with E-state index < -0.39 is 24.9 Å². The van der Waals surface area contributed by atoms with Crippen LogP contribution in [0.5, 0.6) is 0 Å². The Morgan fingerprint density at radius 2 is 2.11 bits per heavy atom. The maximum atomic E-state index is 12.7. The Balaban J connectivity index is 2.06. The fraction of sp³-hybridized carbons (Fsp3) is 0.909. The van der Waals surface area contributed by atoms with Crippen LogP contribution < -0.4 is 11.1 Å². The molecule has 1 heterocycles. The van der Waals surface area contributed by atoms with Gasteiger partial charge in [0.05, 0.1) is 25.8 Å². The van der Waals surface area contributed by atoms with Crippen molar-refractivity contribution in [3.05, 3.63) is 0 Å². The van der Waals surface area contributed by atoms with E-state index >= 15 is 0 Å². The summed E-state index contributed by atoms with van der Waals surface area (Å²) in [6.45, 7) is 0.0787. The highest BCUT2D eigenvalue weighted by atomic mass is 19.3. The molecule has 0 aromatic carbocycles. The fourth-order valence-corrected chi connectivity index (χ4v) is 1.55. The van der Waals surface area contributed by atoms with E-state index in [0.29, 0.717) is 13.2 Å². The van der Waals surface area contributed by atoms with Crippen molar-refractivity contribution < 1.29 is 23.0 Å². The van der Waals surface area contributed by atoms with E-state index in [2.05, 4.69) is 5.32 Å². The van der Waals surface area contributed by atoms with Crippen molar-refractivity contribution in [1.82, 2.24) is 5.32 Å². The fourth-order valence-electron chi connectivity index (χ4n) is 1.55. The van der Waals surface area contributed by atoms with Crippen molar-refractivity contribution in [3.63, 3.8) is 0 Å². The minimum atomic E-state index is -3.04. The van der Waals surface area contributed by atoms with E-state index in [1.165, 1.54) is 0 Å². The van der Waals surface area contributed by atoms with Crippen LogP contribution in [0.25, 0.3) is 0 Å². The topological polar surface area (TPSA) is 73.6 Å². The summed E-state index contributed by atoms with van der Waals surface area (Å²) in [6.07, 6.45) is 1.81. The highest BCUT2D eigenvalue weighted by molar-refractivity contribution is 5.76. The molecule has 0 saturated carbocycles. The Bertz CT molecular complexity index is 259. The van der Waals surface area contributed by atoms with Gasteiger partial charge in [-0.1, -0.05) is 0 Å². The average molecular weight is 266 g/mol. The Hall–Kier alpha value is -0.790. The number of nitrogens with one attached hydrogen (secondary N) is 1. The number of alkyl halides is 2. The number of amides is 1. The number of carbonyl (C=O) groups excluding carboxylic acids is 1. The molecule has 3 N–H and O–H groups in total. The lowest BCUT2D eigenvalue weighted by atomic mass is 10.1. The summed E-state index contributed by atoms with van der Waals surface area (Å²) in [4.78, 5) is 11.3. The molecule has 0 spiro atoms. The summed E-state index contributed by atoms with van der Waals surface area (Å²) in [5.74, 6) is -3.49. The molecule has 1 rings (SSSR count). The van der Waals surface area contributed by atoms with Gasteiger partial charge in [-0.25, -0.2) is 8.78 Å². The minimum absolute atomic E-state index is 0.0814. The second kappa shape index (κ2) is 7.60. The van der Waals surface area contributed by atoms with Crippen LogP contribution in [0, 0.1) is 0 Å². The van der Waals surface area contributed by atoms with Gasteiger partial charge in [0.25, 0.3) is 5.92 Å². The lowest BCUT2D eigenvalue weighted by Gasteiger charge is -2.22. The molecule has 1 fully saturated rings. The number of hydrogen-bond acceptors (Lipinski definition) is 4. The molecular formula is C11H20F2N2O3. The van der Waals surface area contributed by atoms with Crippen molar-refractivity contribution in [1.29, 1.82) is 0 Å². The van der Waals surface area contributed by atoms with Crippen LogP contribution in [-0.4, -0.2) is 50.8 Å². The number of ether oxygens (including phenoxy) is 2. The molecule has 0 unspecified atom stereocenters. The van der Waals surface area contributed by atoms with E-state index in [9.17, 15) is 13.6 Å². The smallest absolute Gasteiger partial charge is 0.277 e. The third-order valence-corrected chi connectivity index (χ3v) is 2.69. The van der Waals surface area contributed by atoms with Gasteiger partial charge in [-0.3, -0.25) is 4.79 Å². The van der Waals surface area contributed by atoms with Gasteiger partial charge in [0, 0.05) is 19.6 Å². The molecule has 1 aliphatic rings. The SMILES string of the molecule is NCC(F)(F)CNC(=O)CCOC1CCOCC1. The predicted molar refractivity (Wildman–Crippen MR) is 61.4 cm³/mol. The van der Waals surface area contributed by atoms with Crippen LogP contribution in [0.1, 0.15) is 19.3 Å². The van der Waals surface area contributed by atoms with Crippen LogP contribution in [0.2, 0.25) is 0 Å². The van der Waals surface area contributed by atoms with Crippen LogP contribution in [-0.2, 0) is 14.3 Å². The van der Waals surface area contributed by atoms with E-state index in [0.717, 1.165) is 12.8 Å². The Kier molecular flexibility index (Phi) is 6.45. The van der Waals surface area contributed by atoms with Crippen LogP contribution in [0.15, 0.2) is 0 Å². The van der Waals surface area contributed by atoms with Gasteiger partial charge in [-0.15, -0.1) is 0 Å². The molecule has 1 aliphatic heterocycles. The van der Waals surface area contributed by atoms with Crippen molar-refractivity contribution in [3.8, 4) is 0 Å². The molecule has 1 saturated heterocycles. The maximum absolute atomic E-state index is 12.7. The molecule has 0 radical (unpaired) electrons. The van der Waals surface area contributed by atoms with E-state index in [1.807, 2.05) is 0 Å². The van der Waals surface area contributed by atoms with Gasteiger partial charge < -0.3 is 20.5 Å². The molecular weight excluding hydrogens is 246 g/mol. The molecule has 0 aromatic heterocycles. The first-order chi connectivity index (χ1) is 8.53. The van der Waals surface area contributed by atoms with Crippen molar-refractivity contribution in [2.45, 2.75) is 31.3 Å². The molecule has 0 aliphatic carbocycles. The number of rotatable bonds is 7. The summed E-state index contributed by atoms with van der Waals surface area (Å²) in [7, 11) is 0. The van der Waals surface area contributed by atoms with E-state index in [4.69, 9.17) is 15.2 Å². The third-order valence-electron chi connectivity index (χ3n) is 2.69. The predicted octanol–water partition coefficient (Wildman–Crippen LogP) is 0.282. The van der Waals surface area contributed by atoms with Crippen molar-refractivity contribution >= 4 is 5.91 Å². The largest absolute Gasteiger partial charge is 0.381 e. The zero-order valence-electron chi connectivity index (χ0n) is 10.3. The number of carbonyl (C=O) groups is 1. The van der Waals surface area contributed by atoms with Gasteiger partial charge in [0.1, 0.15) is 0 Å². The lowest BCUT2D eigenvalue weighted by molar-refractivity contribution is -0.125. The molecule has 0 aromatic rings. The average Bonchev–Trinajstić information content (AvgIpc) is 2.38. The number of hydrogen-bond donors (Lipinski definition) is 2. The Morgan fingerprint density at radius 1 is 1.44 bits per heavy atom. The van der Waals surface area contributed by atoms with Gasteiger partial charge in [0.15, 0.2) is 0 Å². The van der Waals surface area contributed by atoms with E-state index in [-0.39, 0.29) is 19.1 Å². The third kappa shape index (κ3) is 6.23. The summed E-state index contributed by atoms with van der Waals surface area (Å²) in [5.41, 5.74) is 4.85. The molecule has 0 atom stereocenters. The van der Waals surface area contributed by atoms with Crippen molar-refractivity contribution in [2.75, 3.05) is 32.9 Å². The second-order valence-electron chi connectivity index (χ2n) is 4.27. The van der Waals surface area contributed by atoms with E-state index in [1.54, 1.807) is 0 Å². The first kappa shape index (κ1) is 15.3. The lowest BCUT2D eigenvalue weighted by Crippen LogP contribution is -2.41. The number of halogens is 2. The molecule has 106 valence electrons. The molecule has 18 heavy (non-hydrogen) atoms. The van der Waals surface area contributed by atoms with Gasteiger partial charge in [-0.05, 0) is 12.8 Å². The summed E-state index contributed by atoms with van der Waals surface area (Å²) >= 11 is 0. The molecule has 5 nitrogen and oxygen atoms in total. The first-order valence-corrected chi connectivity index (χ1v) is 6.07. The zero-order valence-corrected chi connectivity index (χ0v) is 10.3. The number of nitrogens with two attached hydrogens (primary N) is 1. The van der Waals surface area contributed by atoms with Gasteiger partial charge >= 0.3 is 0 Å². The molecule has 7 heteroatoms. The van der Waals surface area contributed by atoms with Crippen LogP contribution in [0.3, 0.4) is 0 Å². The maximum Gasteiger partial charge on any atom is 0.277 e. The second-order valence-corrected chi connectivity index (χ2v) is 4.27. The standard InChI is InChI=1S/C11H20F2N2O3/c12-11(13,7-14)8-15-10(16)3-6-18-9-1-4-17-5-2-9/h9H,1-8,14H2,(H,15,16). The van der Waals surface area contributed by atoms with Crippen molar-refractivity contribution in [2.24, 2.45) is 5.73 Å². The summed E-state index contributed by atoms with van der Waals surface area (Å²) < 4.78 is 36.1. The molecule has 1 amide bonds. The minimum Gasteiger partial charge on any atom is -0.381 e. The Morgan fingerprint density at radius 3 is 2.72 bits per heavy atom. The highest BCUT2D eigenvalue weighted by Gasteiger charge is 2.27. The van der Waals surface area contributed by atoms with Gasteiger partial charge in [-0.2, -0.15) is 0 Å². The Labute approximate surface area is 105 Å².